The number of carbonyl (C=O) groups is 2. The van der Waals surface area contributed by atoms with Gasteiger partial charge in [-0.05, 0) is 31.0 Å². The Kier molecular flexibility index (Phi) is 6.25. The first-order valence-electron chi connectivity index (χ1n) is 9.22. The number of carbonyl (C=O) groups excluding carboxylic acids is 2. The van der Waals surface area contributed by atoms with Crippen LogP contribution in [-0.4, -0.2) is 65.2 Å². The monoisotopic (exact) mass is 388 g/mol. The number of likely N-dealkylation sites (N-methyl/N-ethyl adjacent to an activating group) is 1. The summed E-state index contributed by atoms with van der Waals surface area (Å²) in [5.74, 6) is 0.257. The lowest BCUT2D eigenvalue weighted by molar-refractivity contribution is -0.130. The number of hydrogen-bond donors (Lipinski definition) is 2. The Labute approximate surface area is 163 Å². The van der Waals surface area contributed by atoms with Gasteiger partial charge in [-0.3, -0.25) is 15.0 Å². The first kappa shape index (κ1) is 19.8. The number of rotatable bonds is 5. The number of aromatic nitrogens is 2. The fourth-order valence-corrected chi connectivity index (χ4v) is 3.20. The Hall–Kier alpha value is -2.94. The minimum atomic E-state index is -0.457. The van der Waals surface area contributed by atoms with E-state index in [0.717, 1.165) is 25.9 Å². The molecule has 8 nitrogen and oxygen atoms in total. The molecule has 28 heavy (non-hydrogen) atoms. The van der Waals surface area contributed by atoms with Crippen molar-refractivity contribution in [3.05, 3.63) is 42.3 Å². The number of urea groups is 1. The van der Waals surface area contributed by atoms with E-state index in [4.69, 9.17) is 0 Å². The van der Waals surface area contributed by atoms with Gasteiger partial charge in [0.2, 0.25) is 5.91 Å². The van der Waals surface area contributed by atoms with Gasteiger partial charge in [0.15, 0.2) is 0 Å². The Bertz CT molecular complexity index is 829. The molecule has 0 radical (unpaired) electrons. The maximum atomic E-state index is 13.2. The number of amides is 3. The van der Waals surface area contributed by atoms with E-state index in [2.05, 4.69) is 20.6 Å². The van der Waals surface area contributed by atoms with Crippen molar-refractivity contribution in [2.45, 2.75) is 18.9 Å². The van der Waals surface area contributed by atoms with Gasteiger partial charge in [0.1, 0.15) is 11.6 Å². The third kappa shape index (κ3) is 5.07. The van der Waals surface area contributed by atoms with Crippen molar-refractivity contribution in [3.8, 4) is 0 Å². The third-order valence-electron chi connectivity index (χ3n) is 4.76. The molecule has 0 atom stereocenters. The van der Waals surface area contributed by atoms with Gasteiger partial charge in [-0.15, -0.1) is 0 Å². The van der Waals surface area contributed by atoms with Crippen molar-refractivity contribution in [1.29, 1.82) is 0 Å². The van der Waals surface area contributed by atoms with Crippen LogP contribution in [0.4, 0.5) is 20.7 Å². The molecule has 2 N–H and O–H groups in total. The summed E-state index contributed by atoms with van der Waals surface area (Å²) in [5.41, 5.74) is 0.377. The van der Waals surface area contributed by atoms with Crippen molar-refractivity contribution in [2.75, 3.05) is 44.4 Å². The topological polar surface area (TPSA) is 82.5 Å². The van der Waals surface area contributed by atoms with E-state index >= 15 is 0 Å². The molecule has 1 aliphatic heterocycles. The van der Waals surface area contributed by atoms with Crippen LogP contribution in [0.15, 0.2) is 36.5 Å². The predicted octanol–water partition coefficient (Wildman–Crippen LogP) is 2.39. The van der Waals surface area contributed by atoms with Gasteiger partial charge in [0.05, 0.1) is 18.8 Å². The average Bonchev–Trinajstić information content (AvgIpc) is 3.10. The van der Waals surface area contributed by atoms with Gasteiger partial charge < -0.3 is 10.2 Å². The second kappa shape index (κ2) is 8.83. The van der Waals surface area contributed by atoms with Crippen molar-refractivity contribution >= 4 is 23.4 Å². The molecule has 0 bridgehead atoms. The molecule has 0 aliphatic carbocycles. The van der Waals surface area contributed by atoms with Crippen LogP contribution < -0.4 is 10.6 Å². The standard InChI is InChI=1S/C19H25FN6O2/c1-24(2)18(27)13-25-10-7-16(8-11-25)26-17(6-9-21-26)23-19(28)22-15-5-3-4-14(20)12-15/h3-6,9,12,16H,7-8,10-11,13H2,1-2H3,(H2,22,23,28). The van der Waals surface area contributed by atoms with Crippen LogP contribution in [0, 0.1) is 5.82 Å². The van der Waals surface area contributed by atoms with Gasteiger partial charge in [0.25, 0.3) is 0 Å². The van der Waals surface area contributed by atoms with Crippen molar-refractivity contribution in [1.82, 2.24) is 19.6 Å². The molecular formula is C19H25FN6O2. The molecule has 3 rings (SSSR count). The second-order valence-corrected chi connectivity index (χ2v) is 7.05. The van der Waals surface area contributed by atoms with E-state index in [1.807, 2.05) is 0 Å². The van der Waals surface area contributed by atoms with Gasteiger partial charge >= 0.3 is 6.03 Å². The molecule has 1 aliphatic rings. The van der Waals surface area contributed by atoms with Gasteiger partial charge in [-0.2, -0.15) is 5.10 Å². The van der Waals surface area contributed by atoms with Crippen LogP contribution in [-0.2, 0) is 4.79 Å². The summed E-state index contributed by atoms with van der Waals surface area (Å²) in [6.45, 7) is 2.00. The number of nitrogens with zero attached hydrogens (tertiary/aromatic N) is 4. The van der Waals surface area contributed by atoms with E-state index in [1.54, 1.807) is 42.0 Å². The van der Waals surface area contributed by atoms with Crippen molar-refractivity contribution in [2.24, 2.45) is 0 Å². The van der Waals surface area contributed by atoms with Gasteiger partial charge in [-0.1, -0.05) is 6.07 Å². The molecule has 1 saturated heterocycles. The van der Waals surface area contributed by atoms with Gasteiger partial charge in [0, 0.05) is 38.9 Å². The van der Waals surface area contributed by atoms with E-state index in [1.165, 1.54) is 18.2 Å². The Morgan fingerprint density at radius 1 is 1.21 bits per heavy atom. The number of hydrogen-bond acceptors (Lipinski definition) is 4. The van der Waals surface area contributed by atoms with Crippen LogP contribution in [0.1, 0.15) is 18.9 Å². The molecule has 0 saturated carbocycles. The van der Waals surface area contributed by atoms with Crippen LogP contribution in [0.2, 0.25) is 0 Å². The zero-order valence-electron chi connectivity index (χ0n) is 16.1. The van der Waals surface area contributed by atoms with Crippen LogP contribution in [0.5, 0.6) is 0 Å². The maximum absolute atomic E-state index is 13.2. The second-order valence-electron chi connectivity index (χ2n) is 7.05. The summed E-state index contributed by atoms with van der Waals surface area (Å²) in [5, 5.41) is 9.73. The highest BCUT2D eigenvalue weighted by atomic mass is 19.1. The predicted molar refractivity (Wildman–Crippen MR) is 105 cm³/mol. The SMILES string of the molecule is CN(C)C(=O)CN1CCC(n2nccc2NC(=O)Nc2cccc(F)c2)CC1. The van der Waals surface area contributed by atoms with Crippen molar-refractivity contribution < 1.29 is 14.0 Å². The largest absolute Gasteiger partial charge is 0.348 e. The first-order valence-corrected chi connectivity index (χ1v) is 9.22. The van der Waals surface area contributed by atoms with E-state index < -0.39 is 11.8 Å². The number of halogens is 1. The summed E-state index contributed by atoms with van der Waals surface area (Å²) in [6, 6.07) is 7.13. The van der Waals surface area contributed by atoms with E-state index in [0.29, 0.717) is 18.1 Å². The Balaban J connectivity index is 1.55. The molecule has 150 valence electrons. The summed E-state index contributed by atoms with van der Waals surface area (Å²) < 4.78 is 15.0. The van der Waals surface area contributed by atoms with E-state index in [-0.39, 0.29) is 11.9 Å². The summed E-state index contributed by atoms with van der Waals surface area (Å²) in [7, 11) is 3.51. The van der Waals surface area contributed by atoms with Crippen LogP contribution in [0.25, 0.3) is 0 Å². The minimum absolute atomic E-state index is 0.0916. The lowest BCUT2D eigenvalue weighted by atomic mass is 10.1. The summed E-state index contributed by atoms with van der Waals surface area (Å²) in [6.07, 6.45) is 3.31. The van der Waals surface area contributed by atoms with Crippen LogP contribution in [0.3, 0.4) is 0 Å². The Morgan fingerprint density at radius 3 is 2.64 bits per heavy atom. The molecule has 2 aromatic rings. The van der Waals surface area contributed by atoms with Crippen LogP contribution >= 0.6 is 0 Å². The summed E-state index contributed by atoms with van der Waals surface area (Å²) >= 11 is 0. The van der Waals surface area contributed by atoms with E-state index in [9.17, 15) is 14.0 Å². The number of anilines is 2. The highest BCUT2D eigenvalue weighted by Gasteiger charge is 2.24. The molecule has 2 heterocycles. The number of likely N-dealkylation sites (tertiary alicyclic amines) is 1. The lowest BCUT2D eigenvalue weighted by Crippen LogP contribution is -2.41. The molecule has 9 heteroatoms. The Morgan fingerprint density at radius 2 is 1.96 bits per heavy atom. The normalized spacial score (nSPS) is 15.2. The van der Waals surface area contributed by atoms with Crippen molar-refractivity contribution in [3.63, 3.8) is 0 Å². The number of benzene rings is 1. The quantitative estimate of drug-likeness (QED) is 0.824. The fourth-order valence-electron chi connectivity index (χ4n) is 3.20. The summed E-state index contributed by atoms with van der Waals surface area (Å²) in [4.78, 5) is 27.8. The van der Waals surface area contributed by atoms with Gasteiger partial charge in [-0.25, -0.2) is 13.9 Å². The highest BCUT2D eigenvalue weighted by Crippen LogP contribution is 2.25. The lowest BCUT2D eigenvalue weighted by Gasteiger charge is -2.32. The number of piperidine rings is 1. The average molecular weight is 388 g/mol. The molecule has 0 unspecified atom stereocenters. The fraction of sp³-hybridized carbons (Fsp3) is 0.421. The molecule has 1 aromatic carbocycles. The maximum Gasteiger partial charge on any atom is 0.324 e. The highest BCUT2D eigenvalue weighted by molar-refractivity contribution is 5.99. The molecular weight excluding hydrogens is 363 g/mol. The smallest absolute Gasteiger partial charge is 0.324 e. The minimum Gasteiger partial charge on any atom is -0.348 e. The zero-order chi connectivity index (χ0) is 20.1. The third-order valence-corrected chi connectivity index (χ3v) is 4.76. The molecule has 3 amide bonds. The zero-order valence-corrected chi connectivity index (χ0v) is 16.1. The molecule has 1 aromatic heterocycles. The number of nitrogens with one attached hydrogen (secondary N) is 2. The molecule has 1 fully saturated rings. The molecule has 0 spiro atoms. The first-order chi connectivity index (χ1) is 13.4.